The predicted molar refractivity (Wildman–Crippen MR) is 118 cm³/mol. The Balaban J connectivity index is 1.47. The molecule has 0 bridgehead atoms. The molecule has 1 fully saturated rings. The second-order valence-corrected chi connectivity index (χ2v) is 9.84. The van der Waals surface area contributed by atoms with Gasteiger partial charge in [-0.2, -0.15) is 17.5 Å². The predicted octanol–water partition coefficient (Wildman–Crippen LogP) is 2.90. The average molecular weight is 528 g/mol. The number of alkyl halides is 3. The number of amides is 1. The van der Waals surface area contributed by atoms with Crippen molar-refractivity contribution in [1.29, 1.82) is 0 Å². The van der Waals surface area contributed by atoms with Crippen LogP contribution in [-0.2, 0) is 27.5 Å². The summed E-state index contributed by atoms with van der Waals surface area (Å²) >= 11 is 0. The fourth-order valence-electron chi connectivity index (χ4n) is 3.84. The van der Waals surface area contributed by atoms with Gasteiger partial charge in [0, 0.05) is 19.3 Å². The molecule has 192 valence electrons. The lowest BCUT2D eigenvalue weighted by Gasteiger charge is -2.23. The molecule has 36 heavy (non-hydrogen) atoms. The molecule has 0 aliphatic carbocycles. The molecule has 14 heteroatoms. The van der Waals surface area contributed by atoms with E-state index in [9.17, 15) is 30.8 Å². The molecule has 3 heterocycles. The summed E-state index contributed by atoms with van der Waals surface area (Å²) in [5, 5.41) is 6.82. The highest BCUT2D eigenvalue weighted by atomic mass is 32.2. The molecule has 0 radical (unpaired) electrons. The molecule has 1 N–H and O–H groups in total. The number of carbonyl (C=O) groups is 1. The normalized spacial score (nSPS) is 16.8. The SMILES string of the molecule is COc1nn(-c2ccc(C(F)(F)F)nc2)cc1CNC(=O)C1CCCN1S(=O)(=O)c1ccc(F)cc1. The number of halogens is 4. The highest BCUT2D eigenvalue weighted by Gasteiger charge is 2.39. The van der Waals surface area contributed by atoms with Crippen molar-refractivity contribution in [2.24, 2.45) is 0 Å². The summed E-state index contributed by atoms with van der Waals surface area (Å²) in [6.07, 6.45) is -1.33. The van der Waals surface area contributed by atoms with E-state index in [4.69, 9.17) is 4.74 Å². The second-order valence-electron chi connectivity index (χ2n) is 7.95. The van der Waals surface area contributed by atoms with E-state index < -0.39 is 39.7 Å². The van der Waals surface area contributed by atoms with E-state index in [1.807, 2.05) is 0 Å². The van der Waals surface area contributed by atoms with Crippen molar-refractivity contribution in [3.63, 3.8) is 0 Å². The van der Waals surface area contributed by atoms with E-state index in [1.165, 1.54) is 24.1 Å². The van der Waals surface area contributed by atoms with Gasteiger partial charge < -0.3 is 10.1 Å². The number of benzene rings is 1. The number of nitrogens with zero attached hydrogens (tertiary/aromatic N) is 4. The Labute approximate surface area is 203 Å². The molecule has 4 rings (SSSR count). The first-order valence-electron chi connectivity index (χ1n) is 10.7. The van der Waals surface area contributed by atoms with Gasteiger partial charge in [-0.05, 0) is 49.2 Å². The van der Waals surface area contributed by atoms with Crippen LogP contribution in [0.4, 0.5) is 17.6 Å². The largest absolute Gasteiger partial charge is 0.480 e. The van der Waals surface area contributed by atoms with Gasteiger partial charge in [-0.15, -0.1) is 5.10 Å². The quantitative estimate of drug-likeness (QED) is 0.474. The molecule has 1 atom stereocenters. The molecule has 1 aromatic carbocycles. The Bertz CT molecular complexity index is 1340. The van der Waals surface area contributed by atoms with Crippen molar-refractivity contribution in [3.8, 4) is 11.6 Å². The molecule has 1 aliphatic rings. The number of hydrogen-bond donors (Lipinski definition) is 1. The topological polar surface area (TPSA) is 106 Å². The Morgan fingerprint density at radius 3 is 2.53 bits per heavy atom. The smallest absolute Gasteiger partial charge is 0.433 e. The van der Waals surface area contributed by atoms with E-state index in [0.717, 1.165) is 40.8 Å². The van der Waals surface area contributed by atoms with E-state index >= 15 is 0 Å². The lowest BCUT2D eigenvalue weighted by atomic mass is 10.2. The maximum Gasteiger partial charge on any atom is 0.433 e. The Kier molecular flexibility index (Phi) is 7.00. The number of nitrogens with one attached hydrogen (secondary N) is 1. The first-order chi connectivity index (χ1) is 17.0. The third kappa shape index (κ3) is 5.18. The van der Waals surface area contributed by atoms with Crippen LogP contribution in [0.5, 0.6) is 5.88 Å². The van der Waals surface area contributed by atoms with Gasteiger partial charge in [0.2, 0.25) is 21.8 Å². The molecule has 3 aromatic rings. The summed E-state index contributed by atoms with van der Waals surface area (Å²) in [5.74, 6) is -0.993. The summed E-state index contributed by atoms with van der Waals surface area (Å²) in [4.78, 5) is 16.2. The van der Waals surface area contributed by atoms with Crippen molar-refractivity contribution in [1.82, 2.24) is 24.4 Å². The van der Waals surface area contributed by atoms with Crippen LogP contribution in [-0.4, -0.2) is 53.1 Å². The molecule has 0 saturated carbocycles. The van der Waals surface area contributed by atoms with Crippen LogP contribution in [0.1, 0.15) is 24.1 Å². The number of carbonyl (C=O) groups excluding carboxylic acids is 1. The van der Waals surface area contributed by atoms with Crippen molar-refractivity contribution in [2.75, 3.05) is 13.7 Å². The zero-order chi connectivity index (χ0) is 26.1. The van der Waals surface area contributed by atoms with Gasteiger partial charge in [-0.3, -0.25) is 4.79 Å². The summed E-state index contributed by atoms with van der Waals surface area (Å²) in [7, 11) is -2.67. The first kappa shape index (κ1) is 25.6. The second kappa shape index (κ2) is 9.85. The Morgan fingerprint density at radius 1 is 1.19 bits per heavy atom. The number of methoxy groups -OCH3 is 1. The minimum absolute atomic E-state index is 0.0724. The van der Waals surface area contributed by atoms with Gasteiger partial charge in [-0.25, -0.2) is 22.5 Å². The lowest BCUT2D eigenvalue weighted by molar-refractivity contribution is -0.141. The minimum Gasteiger partial charge on any atom is -0.480 e. The molecule has 1 unspecified atom stereocenters. The fraction of sp³-hybridized carbons (Fsp3) is 0.318. The van der Waals surface area contributed by atoms with Gasteiger partial charge in [0.25, 0.3) is 0 Å². The van der Waals surface area contributed by atoms with E-state index in [1.54, 1.807) is 0 Å². The monoisotopic (exact) mass is 527 g/mol. The molecule has 2 aromatic heterocycles. The maximum absolute atomic E-state index is 13.2. The molecule has 1 saturated heterocycles. The Hall–Kier alpha value is -3.52. The number of rotatable bonds is 7. The van der Waals surface area contributed by atoms with Crippen LogP contribution in [0.15, 0.2) is 53.7 Å². The van der Waals surface area contributed by atoms with E-state index in [0.29, 0.717) is 18.4 Å². The van der Waals surface area contributed by atoms with Crippen LogP contribution < -0.4 is 10.1 Å². The van der Waals surface area contributed by atoms with Crippen molar-refractivity contribution in [2.45, 2.75) is 36.5 Å². The standard InChI is InChI=1S/C22H21F4N5O4S/c1-35-21-14(13-30(29-21)16-6-9-19(27-12-16)22(24,25)26)11-28-20(32)18-3-2-10-31(18)36(33,34)17-7-4-15(23)5-8-17/h4-9,12-13,18H,2-3,10-11H2,1H3,(H,28,32). The fourth-order valence-corrected chi connectivity index (χ4v) is 5.50. The molecule has 1 aliphatic heterocycles. The van der Waals surface area contributed by atoms with Gasteiger partial charge in [-0.1, -0.05) is 0 Å². The van der Waals surface area contributed by atoms with Gasteiger partial charge in [0.1, 0.15) is 17.6 Å². The molecular weight excluding hydrogens is 506 g/mol. The summed E-state index contributed by atoms with van der Waals surface area (Å²) in [6, 6.07) is 5.42. The number of aromatic nitrogens is 3. The zero-order valence-corrected chi connectivity index (χ0v) is 19.7. The van der Waals surface area contributed by atoms with Crippen molar-refractivity contribution in [3.05, 3.63) is 65.9 Å². The highest BCUT2D eigenvalue weighted by molar-refractivity contribution is 7.89. The van der Waals surface area contributed by atoms with Crippen molar-refractivity contribution >= 4 is 15.9 Å². The molecule has 0 spiro atoms. The summed E-state index contributed by atoms with van der Waals surface area (Å²) < 4.78 is 85.0. The van der Waals surface area contributed by atoms with Crippen LogP contribution >= 0.6 is 0 Å². The van der Waals surface area contributed by atoms with Gasteiger partial charge in [0.05, 0.1) is 29.5 Å². The number of pyridine rings is 1. The van der Waals surface area contributed by atoms with Crippen LogP contribution in [0.2, 0.25) is 0 Å². The first-order valence-corrected chi connectivity index (χ1v) is 12.2. The summed E-state index contributed by atoms with van der Waals surface area (Å²) in [6.45, 7) is 0.0664. The lowest BCUT2D eigenvalue weighted by Crippen LogP contribution is -2.45. The van der Waals surface area contributed by atoms with Gasteiger partial charge >= 0.3 is 6.18 Å². The molecule has 1 amide bonds. The number of hydrogen-bond acceptors (Lipinski definition) is 6. The average Bonchev–Trinajstić information content (AvgIpc) is 3.50. The van der Waals surface area contributed by atoms with Gasteiger partial charge in [0.15, 0.2) is 0 Å². The van der Waals surface area contributed by atoms with Crippen LogP contribution in [0.25, 0.3) is 5.69 Å². The van der Waals surface area contributed by atoms with E-state index in [2.05, 4.69) is 15.4 Å². The maximum atomic E-state index is 13.2. The van der Waals surface area contributed by atoms with Crippen LogP contribution in [0, 0.1) is 5.82 Å². The third-order valence-corrected chi connectivity index (χ3v) is 7.55. The van der Waals surface area contributed by atoms with Crippen molar-refractivity contribution < 1.29 is 35.5 Å². The zero-order valence-electron chi connectivity index (χ0n) is 18.9. The number of sulfonamides is 1. The molecule has 9 nitrogen and oxygen atoms in total. The molecular formula is C22H21F4N5O4S. The Morgan fingerprint density at radius 2 is 1.92 bits per heavy atom. The number of ether oxygens (including phenoxy) is 1. The summed E-state index contributed by atoms with van der Waals surface area (Å²) in [5.41, 5.74) is -0.391. The minimum atomic E-state index is -4.58. The highest BCUT2D eigenvalue weighted by Crippen LogP contribution is 2.29. The third-order valence-electron chi connectivity index (χ3n) is 5.63. The van der Waals surface area contributed by atoms with Crippen LogP contribution in [0.3, 0.4) is 0 Å². The van der Waals surface area contributed by atoms with E-state index in [-0.39, 0.29) is 29.6 Å².